The number of rotatable bonds is 4. The maximum atomic E-state index is 11.9. The lowest BCUT2D eigenvalue weighted by Crippen LogP contribution is -2.31. The van der Waals surface area contributed by atoms with Crippen molar-refractivity contribution in [3.8, 4) is 0 Å². The maximum absolute atomic E-state index is 11.9. The van der Waals surface area contributed by atoms with Crippen LogP contribution >= 0.6 is 11.6 Å². The molecule has 2 amide bonds. The van der Waals surface area contributed by atoms with Gasteiger partial charge in [-0.1, -0.05) is 17.7 Å². The van der Waals surface area contributed by atoms with Crippen LogP contribution in [-0.4, -0.2) is 11.0 Å². The Bertz CT molecular complexity index is 714. The SMILES string of the molecule is Cc1ccc([C@@H](C)NC(=O)Nc2cccc([N+](=O)[O-])c2Cl)o1. The standard InChI is InChI=1S/C14H14ClN3O4/c1-8-6-7-12(22-8)9(2)16-14(19)17-10-4-3-5-11(13(10)15)18(20)21/h3-7,9H,1-2H3,(H2,16,17,19)/t9-/m1/s1. The fraction of sp³-hybridized carbons (Fsp3) is 0.214. The monoisotopic (exact) mass is 323 g/mol. The van der Waals surface area contributed by atoms with Gasteiger partial charge in [-0.15, -0.1) is 0 Å². The molecule has 2 N–H and O–H groups in total. The van der Waals surface area contributed by atoms with Crippen molar-refractivity contribution in [1.82, 2.24) is 5.32 Å². The predicted octanol–water partition coefficient (Wildman–Crippen LogP) is 4.03. The molecule has 0 saturated carbocycles. The summed E-state index contributed by atoms with van der Waals surface area (Å²) >= 11 is 5.90. The number of carbonyl (C=O) groups excluding carboxylic acids is 1. The highest BCUT2D eigenvalue weighted by molar-refractivity contribution is 6.35. The van der Waals surface area contributed by atoms with Crippen molar-refractivity contribution < 1.29 is 14.1 Å². The number of furan rings is 1. The summed E-state index contributed by atoms with van der Waals surface area (Å²) in [5.41, 5.74) is -0.106. The Balaban J connectivity index is 2.06. The zero-order chi connectivity index (χ0) is 16.3. The summed E-state index contributed by atoms with van der Waals surface area (Å²) in [4.78, 5) is 22.1. The Morgan fingerprint density at radius 3 is 2.68 bits per heavy atom. The second-order valence-corrected chi connectivity index (χ2v) is 5.04. The molecule has 0 radical (unpaired) electrons. The minimum Gasteiger partial charge on any atom is -0.464 e. The van der Waals surface area contributed by atoms with E-state index in [9.17, 15) is 14.9 Å². The summed E-state index contributed by atoms with van der Waals surface area (Å²) in [5, 5.41) is 15.8. The lowest BCUT2D eigenvalue weighted by atomic mass is 10.2. The molecule has 22 heavy (non-hydrogen) atoms. The van der Waals surface area contributed by atoms with Gasteiger partial charge in [0.05, 0.1) is 16.7 Å². The number of benzene rings is 1. The third kappa shape index (κ3) is 3.56. The second kappa shape index (κ2) is 6.48. The van der Waals surface area contributed by atoms with Crippen LogP contribution in [0.1, 0.15) is 24.5 Å². The number of nitro benzene ring substituents is 1. The molecule has 2 aromatic rings. The number of urea groups is 1. The van der Waals surface area contributed by atoms with Gasteiger partial charge in [-0.2, -0.15) is 0 Å². The van der Waals surface area contributed by atoms with Gasteiger partial charge in [0, 0.05) is 6.07 Å². The summed E-state index contributed by atoms with van der Waals surface area (Å²) < 4.78 is 5.41. The third-order valence-corrected chi connectivity index (χ3v) is 3.36. The van der Waals surface area contributed by atoms with Crippen molar-refractivity contribution >= 4 is 29.0 Å². The van der Waals surface area contributed by atoms with Gasteiger partial charge < -0.3 is 15.1 Å². The lowest BCUT2D eigenvalue weighted by Gasteiger charge is -2.13. The van der Waals surface area contributed by atoms with E-state index < -0.39 is 11.0 Å². The largest absolute Gasteiger partial charge is 0.464 e. The minimum atomic E-state index is -0.611. The van der Waals surface area contributed by atoms with Gasteiger partial charge in [-0.05, 0) is 32.0 Å². The number of anilines is 1. The summed E-state index contributed by atoms with van der Waals surface area (Å²) in [6, 6.07) is 6.86. The Morgan fingerprint density at radius 2 is 2.09 bits per heavy atom. The average molecular weight is 324 g/mol. The number of amides is 2. The van der Waals surface area contributed by atoms with Crippen LogP contribution in [0.25, 0.3) is 0 Å². The Kier molecular flexibility index (Phi) is 4.67. The number of hydrogen-bond acceptors (Lipinski definition) is 4. The van der Waals surface area contributed by atoms with Crippen molar-refractivity contribution in [2.24, 2.45) is 0 Å². The molecule has 0 unspecified atom stereocenters. The first-order valence-corrected chi connectivity index (χ1v) is 6.83. The zero-order valence-corrected chi connectivity index (χ0v) is 12.7. The molecule has 1 aromatic heterocycles. The van der Waals surface area contributed by atoms with Gasteiger partial charge in [0.2, 0.25) is 0 Å². The van der Waals surface area contributed by atoms with E-state index in [2.05, 4.69) is 10.6 Å². The molecule has 0 spiro atoms. The van der Waals surface area contributed by atoms with E-state index in [-0.39, 0.29) is 22.4 Å². The maximum Gasteiger partial charge on any atom is 0.319 e. The molecule has 2 rings (SSSR count). The summed E-state index contributed by atoms with van der Waals surface area (Å²) in [5.74, 6) is 1.35. The highest BCUT2D eigenvalue weighted by atomic mass is 35.5. The van der Waals surface area contributed by atoms with E-state index in [4.69, 9.17) is 16.0 Å². The quantitative estimate of drug-likeness (QED) is 0.655. The molecule has 7 nitrogen and oxygen atoms in total. The van der Waals surface area contributed by atoms with Crippen LogP contribution in [0, 0.1) is 17.0 Å². The molecule has 0 fully saturated rings. The van der Waals surface area contributed by atoms with Gasteiger partial charge in [0.1, 0.15) is 16.5 Å². The van der Waals surface area contributed by atoms with Gasteiger partial charge in [-0.3, -0.25) is 10.1 Å². The van der Waals surface area contributed by atoms with Crippen LogP contribution < -0.4 is 10.6 Å². The highest BCUT2D eigenvalue weighted by Gasteiger charge is 2.18. The van der Waals surface area contributed by atoms with Crippen LogP contribution in [0.15, 0.2) is 34.7 Å². The normalized spacial score (nSPS) is 11.8. The van der Waals surface area contributed by atoms with Crippen LogP contribution in [0.5, 0.6) is 0 Å². The number of carbonyl (C=O) groups is 1. The smallest absolute Gasteiger partial charge is 0.319 e. The van der Waals surface area contributed by atoms with E-state index in [1.54, 1.807) is 26.0 Å². The fourth-order valence-electron chi connectivity index (χ4n) is 1.87. The molecule has 0 aliphatic rings. The molecular formula is C14H14ClN3O4. The number of halogens is 1. The van der Waals surface area contributed by atoms with Crippen LogP contribution in [0.2, 0.25) is 5.02 Å². The first kappa shape index (κ1) is 15.8. The van der Waals surface area contributed by atoms with Crippen LogP contribution in [0.4, 0.5) is 16.2 Å². The molecule has 1 heterocycles. The fourth-order valence-corrected chi connectivity index (χ4v) is 2.11. The summed E-state index contributed by atoms with van der Waals surface area (Å²) in [7, 11) is 0. The van der Waals surface area contributed by atoms with Crippen LogP contribution in [-0.2, 0) is 0 Å². The number of nitro groups is 1. The molecule has 0 bridgehead atoms. The number of hydrogen-bond donors (Lipinski definition) is 2. The predicted molar refractivity (Wildman–Crippen MR) is 82.1 cm³/mol. The first-order valence-electron chi connectivity index (χ1n) is 6.45. The molecule has 1 aromatic carbocycles. The highest BCUT2D eigenvalue weighted by Crippen LogP contribution is 2.31. The molecular weight excluding hydrogens is 310 g/mol. The van der Waals surface area contributed by atoms with Crippen molar-refractivity contribution in [2.45, 2.75) is 19.9 Å². The number of aryl methyl sites for hydroxylation is 1. The Morgan fingerprint density at radius 1 is 1.36 bits per heavy atom. The van der Waals surface area contributed by atoms with Crippen molar-refractivity contribution in [2.75, 3.05) is 5.32 Å². The van der Waals surface area contributed by atoms with Crippen molar-refractivity contribution in [3.05, 3.63) is 57.0 Å². The van der Waals surface area contributed by atoms with Gasteiger partial charge in [0.15, 0.2) is 0 Å². The van der Waals surface area contributed by atoms with Crippen molar-refractivity contribution in [1.29, 1.82) is 0 Å². The van der Waals surface area contributed by atoms with Gasteiger partial charge >= 0.3 is 6.03 Å². The average Bonchev–Trinajstić information content (AvgIpc) is 2.87. The second-order valence-electron chi connectivity index (χ2n) is 4.66. The lowest BCUT2D eigenvalue weighted by molar-refractivity contribution is -0.384. The molecule has 0 saturated heterocycles. The molecule has 0 aliphatic heterocycles. The van der Waals surface area contributed by atoms with E-state index in [0.29, 0.717) is 5.76 Å². The number of nitrogens with one attached hydrogen (secondary N) is 2. The van der Waals surface area contributed by atoms with E-state index >= 15 is 0 Å². The third-order valence-electron chi connectivity index (χ3n) is 2.96. The molecule has 8 heteroatoms. The Hall–Kier alpha value is -2.54. The molecule has 1 atom stereocenters. The van der Waals surface area contributed by atoms with Crippen LogP contribution in [0.3, 0.4) is 0 Å². The topological polar surface area (TPSA) is 97.4 Å². The van der Waals surface area contributed by atoms with E-state index in [1.165, 1.54) is 18.2 Å². The first-order chi connectivity index (χ1) is 10.4. The molecule has 116 valence electrons. The van der Waals surface area contributed by atoms with Gasteiger partial charge in [-0.25, -0.2) is 4.79 Å². The van der Waals surface area contributed by atoms with E-state index in [0.717, 1.165) is 5.76 Å². The van der Waals surface area contributed by atoms with Gasteiger partial charge in [0.25, 0.3) is 5.69 Å². The summed E-state index contributed by atoms with van der Waals surface area (Å²) in [6.45, 7) is 3.56. The summed E-state index contributed by atoms with van der Waals surface area (Å²) in [6.07, 6.45) is 0. The van der Waals surface area contributed by atoms with Crippen molar-refractivity contribution in [3.63, 3.8) is 0 Å². The number of nitrogens with zero attached hydrogens (tertiary/aromatic N) is 1. The zero-order valence-electron chi connectivity index (χ0n) is 11.9. The Labute approximate surface area is 131 Å². The minimum absolute atomic E-state index is 0.121. The molecule has 0 aliphatic carbocycles. The van der Waals surface area contributed by atoms with E-state index in [1.807, 2.05) is 0 Å².